The highest BCUT2D eigenvalue weighted by molar-refractivity contribution is 9.11. The molecule has 0 amide bonds. The van der Waals surface area contributed by atoms with Gasteiger partial charge in [-0.2, -0.15) is 0 Å². The molecule has 0 atom stereocenters. The van der Waals surface area contributed by atoms with Crippen LogP contribution in [-0.4, -0.2) is 50.0 Å². The van der Waals surface area contributed by atoms with Crippen molar-refractivity contribution in [3.05, 3.63) is 20.6 Å². The molecule has 1 aromatic rings. The molecule has 1 aliphatic heterocycles. The Hall–Kier alpha value is -0.300. The van der Waals surface area contributed by atoms with Crippen LogP contribution in [0.25, 0.3) is 0 Å². The molecule has 1 saturated heterocycles. The van der Waals surface area contributed by atoms with E-state index >= 15 is 0 Å². The fraction of sp³-hybridized carbons (Fsp3) is 0.571. The second-order valence-electron chi connectivity index (χ2n) is 4.77. The summed E-state index contributed by atoms with van der Waals surface area (Å²) in [5.41, 5.74) is 0.929. The van der Waals surface area contributed by atoms with Crippen molar-refractivity contribution >= 4 is 31.9 Å². The number of aryl methyl sites for hydroxylation is 1. The van der Waals surface area contributed by atoms with Crippen LogP contribution in [0.15, 0.2) is 15.0 Å². The first kappa shape index (κ1) is 16.1. The first-order valence-electron chi connectivity index (χ1n) is 6.67. The van der Waals surface area contributed by atoms with E-state index in [9.17, 15) is 5.11 Å². The Morgan fingerprint density at radius 2 is 2.05 bits per heavy atom. The van der Waals surface area contributed by atoms with E-state index in [1.54, 1.807) is 7.11 Å². The fourth-order valence-electron chi connectivity index (χ4n) is 2.34. The summed E-state index contributed by atoms with van der Waals surface area (Å²) >= 11 is 6.85. The molecule has 2 rings (SSSR count). The minimum absolute atomic E-state index is 0.270. The molecule has 0 unspecified atom stereocenters. The number of hydrogen-bond acceptors (Lipinski definition) is 4. The average molecular weight is 409 g/mol. The number of rotatable bonds is 5. The molecule has 0 aromatic heterocycles. The van der Waals surface area contributed by atoms with Crippen LogP contribution in [0.2, 0.25) is 0 Å². The van der Waals surface area contributed by atoms with Gasteiger partial charge in [0.1, 0.15) is 10.2 Å². The molecule has 1 aliphatic rings. The van der Waals surface area contributed by atoms with Crippen LogP contribution >= 0.6 is 31.9 Å². The van der Waals surface area contributed by atoms with Crippen molar-refractivity contribution in [3.63, 3.8) is 0 Å². The largest absolute Gasteiger partial charge is 0.506 e. The summed E-state index contributed by atoms with van der Waals surface area (Å²) in [6, 6.07) is 1.93. The Bertz CT molecular complexity index is 462. The summed E-state index contributed by atoms with van der Waals surface area (Å²) in [4.78, 5) is 2.40. The predicted octanol–water partition coefficient (Wildman–Crippen LogP) is 3.19. The second-order valence-corrected chi connectivity index (χ2v) is 6.42. The van der Waals surface area contributed by atoms with E-state index in [0.29, 0.717) is 10.2 Å². The molecule has 0 spiro atoms. The summed E-state index contributed by atoms with van der Waals surface area (Å²) in [5.74, 6) is 0.895. The van der Waals surface area contributed by atoms with E-state index in [-0.39, 0.29) is 5.75 Å². The lowest BCUT2D eigenvalue weighted by molar-refractivity contribution is 0.0374. The summed E-state index contributed by atoms with van der Waals surface area (Å²) < 4.78 is 12.0. The van der Waals surface area contributed by atoms with Crippen LogP contribution in [0.4, 0.5) is 0 Å². The van der Waals surface area contributed by atoms with E-state index in [2.05, 4.69) is 36.8 Å². The molecule has 4 nitrogen and oxygen atoms in total. The monoisotopic (exact) mass is 407 g/mol. The zero-order chi connectivity index (χ0) is 14.5. The lowest BCUT2D eigenvalue weighted by atomic mass is 10.1. The van der Waals surface area contributed by atoms with Gasteiger partial charge < -0.3 is 14.6 Å². The van der Waals surface area contributed by atoms with Crippen molar-refractivity contribution < 1.29 is 14.6 Å². The zero-order valence-corrected chi connectivity index (χ0v) is 14.7. The number of phenols is 1. The van der Waals surface area contributed by atoms with Gasteiger partial charge in [0.25, 0.3) is 0 Å². The molecule has 20 heavy (non-hydrogen) atoms. The van der Waals surface area contributed by atoms with Crippen molar-refractivity contribution in [3.8, 4) is 11.5 Å². The summed E-state index contributed by atoms with van der Waals surface area (Å²) in [7, 11) is 1.59. The first-order valence-corrected chi connectivity index (χ1v) is 8.26. The van der Waals surface area contributed by atoms with Gasteiger partial charge in [0.05, 0.1) is 24.8 Å². The van der Waals surface area contributed by atoms with Gasteiger partial charge in [-0.15, -0.1) is 0 Å². The van der Waals surface area contributed by atoms with Crippen molar-refractivity contribution in [1.82, 2.24) is 4.90 Å². The standard InChI is InChI=1S/C14H19Br2NO3/c1-19-14-11(15)9-10(13(18)12(14)16)3-2-4-17-5-7-20-8-6-17/h9,18H,2-8H2,1H3. The van der Waals surface area contributed by atoms with Crippen molar-refractivity contribution in [2.24, 2.45) is 0 Å². The minimum atomic E-state index is 0.270. The summed E-state index contributed by atoms with van der Waals surface area (Å²) in [6.45, 7) is 4.68. The fourth-order valence-corrected chi connectivity index (χ4v) is 3.87. The quantitative estimate of drug-likeness (QED) is 0.812. The van der Waals surface area contributed by atoms with Crippen LogP contribution in [0.3, 0.4) is 0 Å². The van der Waals surface area contributed by atoms with Gasteiger partial charge in [-0.05, 0) is 62.9 Å². The molecule has 1 heterocycles. The van der Waals surface area contributed by atoms with E-state index in [1.807, 2.05) is 6.07 Å². The van der Waals surface area contributed by atoms with Gasteiger partial charge in [-0.1, -0.05) is 0 Å². The normalized spacial score (nSPS) is 16.4. The maximum Gasteiger partial charge on any atom is 0.150 e. The maximum absolute atomic E-state index is 10.2. The number of hydrogen-bond donors (Lipinski definition) is 1. The van der Waals surface area contributed by atoms with Crippen molar-refractivity contribution in [2.75, 3.05) is 40.0 Å². The Balaban J connectivity index is 1.95. The third-order valence-electron chi connectivity index (χ3n) is 3.46. The lowest BCUT2D eigenvalue weighted by Crippen LogP contribution is -2.36. The van der Waals surface area contributed by atoms with Crippen LogP contribution in [-0.2, 0) is 11.2 Å². The second kappa shape index (κ2) is 7.64. The number of benzene rings is 1. The number of methoxy groups -OCH3 is 1. The van der Waals surface area contributed by atoms with Crippen molar-refractivity contribution in [2.45, 2.75) is 12.8 Å². The van der Waals surface area contributed by atoms with Crippen LogP contribution in [0.1, 0.15) is 12.0 Å². The van der Waals surface area contributed by atoms with Crippen LogP contribution in [0.5, 0.6) is 11.5 Å². The molecule has 1 aromatic carbocycles. The van der Waals surface area contributed by atoms with Crippen LogP contribution < -0.4 is 4.74 Å². The number of nitrogens with zero attached hydrogens (tertiary/aromatic N) is 1. The van der Waals surface area contributed by atoms with E-state index < -0.39 is 0 Å². The van der Waals surface area contributed by atoms with E-state index in [0.717, 1.165) is 55.7 Å². The zero-order valence-electron chi connectivity index (χ0n) is 11.5. The SMILES string of the molecule is COc1c(Br)cc(CCCN2CCOCC2)c(O)c1Br. The lowest BCUT2D eigenvalue weighted by Gasteiger charge is -2.26. The Kier molecular flexibility index (Phi) is 6.14. The Labute approximate surface area is 136 Å². The molecule has 6 heteroatoms. The molecule has 1 N–H and O–H groups in total. The molecule has 112 valence electrons. The highest BCUT2D eigenvalue weighted by atomic mass is 79.9. The highest BCUT2D eigenvalue weighted by Crippen LogP contribution is 2.42. The van der Waals surface area contributed by atoms with Gasteiger partial charge >= 0.3 is 0 Å². The number of phenolic OH excluding ortho intramolecular Hbond substituents is 1. The summed E-state index contributed by atoms with van der Waals surface area (Å²) in [6.07, 6.45) is 1.85. The van der Waals surface area contributed by atoms with Gasteiger partial charge in [0, 0.05) is 13.1 Å². The van der Waals surface area contributed by atoms with Crippen LogP contribution in [0, 0.1) is 0 Å². The molecule has 0 aliphatic carbocycles. The molecule has 0 saturated carbocycles. The Morgan fingerprint density at radius 1 is 1.35 bits per heavy atom. The molecular weight excluding hydrogens is 390 g/mol. The van der Waals surface area contributed by atoms with E-state index in [1.165, 1.54) is 0 Å². The number of halogens is 2. The molecule has 1 fully saturated rings. The minimum Gasteiger partial charge on any atom is -0.506 e. The first-order chi connectivity index (χ1) is 9.63. The maximum atomic E-state index is 10.2. The average Bonchev–Trinajstić information content (AvgIpc) is 2.46. The van der Waals surface area contributed by atoms with Gasteiger partial charge in [-0.3, -0.25) is 4.90 Å². The third kappa shape index (κ3) is 3.87. The van der Waals surface area contributed by atoms with Gasteiger partial charge in [-0.25, -0.2) is 0 Å². The smallest absolute Gasteiger partial charge is 0.150 e. The van der Waals surface area contributed by atoms with Crippen molar-refractivity contribution in [1.29, 1.82) is 0 Å². The van der Waals surface area contributed by atoms with Gasteiger partial charge in [0.15, 0.2) is 5.75 Å². The van der Waals surface area contributed by atoms with E-state index in [4.69, 9.17) is 9.47 Å². The van der Waals surface area contributed by atoms with Gasteiger partial charge in [0.2, 0.25) is 0 Å². The predicted molar refractivity (Wildman–Crippen MR) is 85.6 cm³/mol. The number of ether oxygens (including phenoxy) is 2. The third-order valence-corrected chi connectivity index (χ3v) is 4.78. The highest BCUT2D eigenvalue weighted by Gasteiger charge is 2.16. The number of aromatic hydroxyl groups is 1. The summed E-state index contributed by atoms with van der Waals surface area (Å²) in [5, 5.41) is 10.2. The molecule has 0 radical (unpaired) electrons. The number of morpholine rings is 1. The Morgan fingerprint density at radius 3 is 2.70 bits per heavy atom. The molecule has 0 bridgehead atoms. The molecular formula is C14H19Br2NO3. The topological polar surface area (TPSA) is 41.9 Å².